The van der Waals surface area contributed by atoms with Crippen molar-refractivity contribution in [3.05, 3.63) is 28.5 Å². The Morgan fingerprint density at radius 2 is 2.14 bits per heavy atom. The van der Waals surface area contributed by atoms with Gasteiger partial charge in [-0.25, -0.2) is 0 Å². The van der Waals surface area contributed by atoms with E-state index in [1.54, 1.807) is 6.20 Å². The summed E-state index contributed by atoms with van der Waals surface area (Å²) in [7, 11) is 0. The average molecular weight is 356 g/mol. The standard InChI is InChI=1S/C16H26BrN3O/c1-2-21-16(13-6-4-3-5-7-13)15(20-18)9-12-8-14(17)11-19-10-12/h8,10-11,13,15-16,20H,2-7,9,18H2,1H3. The highest BCUT2D eigenvalue weighted by atomic mass is 79.9. The molecule has 1 aliphatic carbocycles. The van der Waals surface area contributed by atoms with Gasteiger partial charge in [0, 0.05) is 23.5 Å². The van der Waals surface area contributed by atoms with Gasteiger partial charge in [0.2, 0.25) is 0 Å². The summed E-state index contributed by atoms with van der Waals surface area (Å²) in [6.07, 6.45) is 11.2. The molecule has 0 saturated heterocycles. The van der Waals surface area contributed by atoms with Crippen LogP contribution in [-0.4, -0.2) is 23.7 Å². The van der Waals surface area contributed by atoms with E-state index in [0.29, 0.717) is 5.92 Å². The molecular formula is C16H26BrN3O. The summed E-state index contributed by atoms with van der Waals surface area (Å²) in [5.41, 5.74) is 4.16. The third-order valence-corrected chi connectivity index (χ3v) is 4.74. The third kappa shape index (κ3) is 5.02. The van der Waals surface area contributed by atoms with Crippen molar-refractivity contribution < 1.29 is 4.74 Å². The zero-order valence-electron chi connectivity index (χ0n) is 12.7. The molecular weight excluding hydrogens is 330 g/mol. The number of rotatable bonds is 7. The number of pyridine rings is 1. The maximum atomic E-state index is 6.06. The van der Waals surface area contributed by atoms with Crippen LogP contribution in [0.15, 0.2) is 22.9 Å². The summed E-state index contributed by atoms with van der Waals surface area (Å²) < 4.78 is 7.06. The minimum Gasteiger partial charge on any atom is -0.377 e. The van der Waals surface area contributed by atoms with Crippen LogP contribution in [0.25, 0.3) is 0 Å². The van der Waals surface area contributed by atoms with E-state index in [2.05, 4.69) is 39.3 Å². The summed E-state index contributed by atoms with van der Waals surface area (Å²) in [6.45, 7) is 2.79. The molecule has 1 heterocycles. The largest absolute Gasteiger partial charge is 0.377 e. The van der Waals surface area contributed by atoms with Gasteiger partial charge < -0.3 is 4.74 Å². The lowest BCUT2D eigenvalue weighted by molar-refractivity contribution is -0.0175. The van der Waals surface area contributed by atoms with Crippen molar-refractivity contribution >= 4 is 15.9 Å². The number of nitrogens with two attached hydrogens (primary N) is 1. The van der Waals surface area contributed by atoms with Crippen LogP contribution in [0.1, 0.15) is 44.6 Å². The van der Waals surface area contributed by atoms with Gasteiger partial charge in [-0.1, -0.05) is 19.3 Å². The van der Waals surface area contributed by atoms with E-state index in [9.17, 15) is 0 Å². The van der Waals surface area contributed by atoms with Crippen LogP contribution in [0.2, 0.25) is 0 Å². The first-order valence-corrected chi connectivity index (χ1v) is 8.71. The highest BCUT2D eigenvalue weighted by Crippen LogP contribution is 2.30. The molecule has 21 heavy (non-hydrogen) atoms. The second-order valence-electron chi connectivity index (χ2n) is 5.81. The van der Waals surface area contributed by atoms with Crippen molar-refractivity contribution in [2.24, 2.45) is 11.8 Å². The van der Waals surface area contributed by atoms with E-state index < -0.39 is 0 Å². The summed E-state index contributed by atoms with van der Waals surface area (Å²) >= 11 is 3.47. The lowest BCUT2D eigenvalue weighted by atomic mass is 9.81. The van der Waals surface area contributed by atoms with Crippen LogP contribution in [-0.2, 0) is 11.2 Å². The van der Waals surface area contributed by atoms with Gasteiger partial charge in [0.1, 0.15) is 0 Å². The van der Waals surface area contributed by atoms with Crippen LogP contribution >= 0.6 is 15.9 Å². The van der Waals surface area contributed by atoms with Crippen molar-refractivity contribution in [1.82, 2.24) is 10.4 Å². The predicted molar refractivity (Wildman–Crippen MR) is 88.7 cm³/mol. The van der Waals surface area contributed by atoms with Crippen LogP contribution < -0.4 is 11.3 Å². The molecule has 118 valence electrons. The Morgan fingerprint density at radius 1 is 1.38 bits per heavy atom. The van der Waals surface area contributed by atoms with Gasteiger partial charge in [0.25, 0.3) is 0 Å². The van der Waals surface area contributed by atoms with Crippen molar-refractivity contribution in [2.45, 2.75) is 57.6 Å². The van der Waals surface area contributed by atoms with Crippen molar-refractivity contribution in [2.75, 3.05) is 6.61 Å². The Kier molecular flexibility index (Phi) is 7.10. The number of nitrogens with one attached hydrogen (secondary N) is 1. The summed E-state index contributed by atoms with van der Waals surface area (Å²) in [4.78, 5) is 4.23. The molecule has 1 aromatic heterocycles. The minimum atomic E-state index is 0.129. The van der Waals surface area contributed by atoms with E-state index in [1.807, 2.05) is 6.20 Å². The van der Waals surface area contributed by atoms with E-state index >= 15 is 0 Å². The van der Waals surface area contributed by atoms with E-state index in [4.69, 9.17) is 10.6 Å². The predicted octanol–water partition coefficient (Wildman–Crippen LogP) is 3.20. The zero-order chi connectivity index (χ0) is 15.1. The number of halogens is 1. The fraction of sp³-hybridized carbons (Fsp3) is 0.688. The van der Waals surface area contributed by atoms with Gasteiger partial charge in [-0.05, 0) is 59.7 Å². The molecule has 0 bridgehead atoms. The van der Waals surface area contributed by atoms with E-state index in [-0.39, 0.29) is 12.1 Å². The first-order valence-electron chi connectivity index (χ1n) is 7.91. The lowest BCUT2D eigenvalue weighted by Crippen LogP contribution is -2.50. The maximum Gasteiger partial charge on any atom is 0.0772 e. The fourth-order valence-corrected chi connectivity index (χ4v) is 3.74. The van der Waals surface area contributed by atoms with E-state index in [0.717, 1.165) is 17.5 Å². The topological polar surface area (TPSA) is 60.2 Å². The molecule has 0 amide bonds. The minimum absolute atomic E-state index is 0.129. The molecule has 2 atom stereocenters. The molecule has 2 unspecified atom stereocenters. The van der Waals surface area contributed by atoms with Gasteiger partial charge in [0.05, 0.1) is 12.1 Å². The molecule has 1 aliphatic rings. The van der Waals surface area contributed by atoms with Crippen LogP contribution in [0.4, 0.5) is 0 Å². The van der Waals surface area contributed by atoms with Gasteiger partial charge in [0.15, 0.2) is 0 Å². The highest BCUT2D eigenvalue weighted by molar-refractivity contribution is 9.10. The van der Waals surface area contributed by atoms with Gasteiger partial charge in [-0.15, -0.1) is 0 Å². The van der Waals surface area contributed by atoms with Crippen molar-refractivity contribution in [3.8, 4) is 0 Å². The van der Waals surface area contributed by atoms with Crippen LogP contribution in [0.3, 0.4) is 0 Å². The molecule has 5 heteroatoms. The number of ether oxygens (including phenoxy) is 1. The fourth-order valence-electron chi connectivity index (χ4n) is 3.33. The Bertz CT molecular complexity index is 424. The Morgan fingerprint density at radius 3 is 2.76 bits per heavy atom. The van der Waals surface area contributed by atoms with Gasteiger partial charge in [-0.2, -0.15) is 0 Å². The monoisotopic (exact) mass is 355 g/mol. The van der Waals surface area contributed by atoms with Crippen LogP contribution in [0, 0.1) is 5.92 Å². The summed E-state index contributed by atoms with van der Waals surface area (Å²) in [5, 5.41) is 0. The quantitative estimate of drug-likeness (QED) is 0.582. The Hall–Kier alpha value is -0.490. The first kappa shape index (κ1) is 16.9. The zero-order valence-corrected chi connectivity index (χ0v) is 14.3. The molecule has 2 rings (SSSR count). The second-order valence-corrected chi connectivity index (χ2v) is 6.72. The molecule has 4 nitrogen and oxygen atoms in total. The number of hydrazine groups is 1. The molecule has 1 fully saturated rings. The van der Waals surface area contributed by atoms with Crippen LogP contribution in [0.5, 0.6) is 0 Å². The second kappa shape index (κ2) is 8.83. The lowest BCUT2D eigenvalue weighted by Gasteiger charge is -2.35. The normalized spacial score (nSPS) is 19.4. The molecule has 0 aliphatic heterocycles. The molecule has 1 aromatic rings. The smallest absolute Gasteiger partial charge is 0.0772 e. The molecule has 0 spiro atoms. The summed E-state index contributed by atoms with van der Waals surface area (Å²) in [6, 6.07) is 2.23. The van der Waals surface area contributed by atoms with Gasteiger partial charge in [-0.3, -0.25) is 16.3 Å². The third-order valence-electron chi connectivity index (χ3n) is 4.30. The number of nitrogens with zero attached hydrogens (tertiary/aromatic N) is 1. The molecule has 1 saturated carbocycles. The average Bonchev–Trinajstić information content (AvgIpc) is 2.51. The number of aromatic nitrogens is 1. The highest BCUT2D eigenvalue weighted by Gasteiger charge is 2.30. The molecule has 3 N–H and O–H groups in total. The number of hydrogen-bond acceptors (Lipinski definition) is 4. The van der Waals surface area contributed by atoms with Gasteiger partial charge >= 0.3 is 0 Å². The Balaban J connectivity index is 2.07. The SMILES string of the molecule is CCOC(C1CCCCC1)C(Cc1cncc(Br)c1)NN. The van der Waals surface area contributed by atoms with Crippen molar-refractivity contribution in [3.63, 3.8) is 0 Å². The number of hydrogen-bond donors (Lipinski definition) is 2. The summed E-state index contributed by atoms with van der Waals surface area (Å²) in [5.74, 6) is 6.45. The van der Waals surface area contributed by atoms with E-state index in [1.165, 1.54) is 37.7 Å². The van der Waals surface area contributed by atoms with Crippen molar-refractivity contribution in [1.29, 1.82) is 0 Å². The molecule has 0 radical (unpaired) electrons. The first-order chi connectivity index (χ1) is 10.2. The maximum absolute atomic E-state index is 6.06. The molecule has 0 aromatic carbocycles. The Labute approximate surface area is 136 Å².